The molecule has 0 aromatic heterocycles. The Morgan fingerprint density at radius 1 is 1.43 bits per heavy atom. The third-order valence-electron chi connectivity index (χ3n) is 1.78. The van der Waals surface area contributed by atoms with Gasteiger partial charge in [0.05, 0.1) is 6.10 Å². The molecule has 0 unspecified atom stereocenters. The highest BCUT2D eigenvalue weighted by Crippen LogP contribution is 1.97. The van der Waals surface area contributed by atoms with Crippen LogP contribution in [0, 0.1) is 0 Å². The molecule has 0 aliphatic heterocycles. The minimum absolute atomic E-state index is 0.0457. The summed E-state index contributed by atoms with van der Waals surface area (Å²) in [5.41, 5.74) is 0. The summed E-state index contributed by atoms with van der Waals surface area (Å²) < 4.78 is 5.09. The van der Waals surface area contributed by atoms with Gasteiger partial charge in [-0.25, -0.2) is 4.79 Å². The highest BCUT2D eigenvalue weighted by Gasteiger charge is 2.13. The van der Waals surface area contributed by atoms with Gasteiger partial charge in [-0.3, -0.25) is 0 Å². The predicted octanol–water partition coefficient (Wildman–Crippen LogP) is 1.46. The van der Waals surface area contributed by atoms with E-state index in [-0.39, 0.29) is 12.2 Å². The molecule has 84 valence electrons. The van der Waals surface area contributed by atoms with Gasteiger partial charge in [0.25, 0.3) is 0 Å². The lowest BCUT2D eigenvalue weighted by atomic mass is 10.5. The van der Waals surface area contributed by atoms with Gasteiger partial charge in [0.15, 0.2) is 0 Å². The number of likely N-dealkylation sites (N-methyl/N-ethyl adjacent to an activating group) is 2. The van der Waals surface area contributed by atoms with E-state index in [9.17, 15) is 4.79 Å². The van der Waals surface area contributed by atoms with E-state index in [0.717, 1.165) is 13.1 Å². The molecular weight excluding hydrogens is 180 g/mol. The van der Waals surface area contributed by atoms with E-state index in [1.165, 1.54) is 0 Å². The Labute approximate surface area is 86.6 Å². The van der Waals surface area contributed by atoms with E-state index in [2.05, 4.69) is 5.32 Å². The Balaban J connectivity index is 3.81. The van der Waals surface area contributed by atoms with Crippen LogP contribution in [0.1, 0.15) is 27.7 Å². The second-order valence-corrected chi connectivity index (χ2v) is 3.37. The Bertz CT molecular complexity index is 160. The summed E-state index contributed by atoms with van der Waals surface area (Å²) in [6, 6.07) is 0. The molecule has 1 N–H and O–H groups in total. The van der Waals surface area contributed by atoms with Crippen LogP contribution in [-0.2, 0) is 4.74 Å². The molecule has 0 bridgehead atoms. The van der Waals surface area contributed by atoms with Crippen LogP contribution in [0.2, 0.25) is 0 Å². The minimum atomic E-state index is -0.222. The summed E-state index contributed by atoms with van der Waals surface area (Å²) in [4.78, 5) is 13.2. The van der Waals surface area contributed by atoms with Crippen LogP contribution in [0.5, 0.6) is 0 Å². The van der Waals surface area contributed by atoms with Crippen molar-refractivity contribution >= 4 is 6.09 Å². The number of ether oxygens (including phenoxy) is 1. The van der Waals surface area contributed by atoms with Crippen LogP contribution < -0.4 is 5.32 Å². The molecule has 0 radical (unpaired) electrons. The highest BCUT2D eigenvalue weighted by molar-refractivity contribution is 5.67. The molecule has 0 aromatic rings. The molecule has 0 spiro atoms. The third-order valence-corrected chi connectivity index (χ3v) is 1.78. The number of nitrogens with zero attached hydrogens (tertiary/aromatic N) is 1. The fraction of sp³-hybridized carbons (Fsp3) is 0.900. The van der Waals surface area contributed by atoms with Crippen molar-refractivity contribution in [2.75, 3.05) is 26.2 Å². The van der Waals surface area contributed by atoms with Gasteiger partial charge >= 0.3 is 6.09 Å². The maximum Gasteiger partial charge on any atom is 0.410 e. The van der Waals surface area contributed by atoms with Crippen LogP contribution in [0.25, 0.3) is 0 Å². The van der Waals surface area contributed by atoms with E-state index >= 15 is 0 Å². The zero-order valence-electron chi connectivity index (χ0n) is 9.67. The topological polar surface area (TPSA) is 41.6 Å². The molecule has 0 aliphatic rings. The first kappa shape index (κ1) is 13.2. The van der Waals surface area contributed by atoms with Crippen molar-refractivity contribution in [1.29, 1.82) is 0 Å². The standard InChI is InChI=1S/C10H22N2O2/c1-5-11-7-8-12(6-2)10(13)14-9(3)4/h9,11H,5-8H2,1-4H3. The number of amides is 1. The van der Waals surface area contributed by atoms with Gasteiger partial charge in [-0.05, 0) is 27.3 Å². The molecule has 0 saturated carbocycles. The Morgan fingerprint density at radius 2 is 2.07 bits per heavy atom. The molecule has 1 amide bonds. The molecule has 4 nitrogen and oxygen atoms in total. The number of hydrogen-bond acceptors (Lipinski definition) is 3. The van der Waals surface area contributed by atoms with Crippen LogP contribution in [0.4, 0.5) is 4.79 Å². The third kappa shape index (κ3) is 5.80. The van der Waals surface area contributed by atoms with E-state index in [4.69, 9.17) is 4.74 Å². The largest absolute Gasteiger partial charge is 0.447 e. The predicted molar refractivity (Wildman–Crippen MR) is 57.4 cm³/mol. The van der Waals surface area contributed by atoms with Crippen molar-refractivity contribution in [3.63, 3.8) is 0 Å². The fourth-order valence-corrected chi connectivity index (χ4v) is 1.05. The van der Waals surface area contributed by atoms with Crippen molar-refractivity contribution < 1.29 is 9.53 Å². The second-order valence-electron chi connectivity index (χ2n) is 3.37. The lowest BCUT2D eigenvalue weighted by Gasteiger charge is -2.21. The van der Waals surface area contributed by atoms with Crippen LogP contribution in [-0.4, -0.2) is 43.3 Å². The van der Waals surface area contributed by atoms with Gasteiger partial charge in [-0.2, -0.15) is 0 Å². The smallest absolute Gasteiger partial charge is 0.410 e. The van der Waals surface area contributed by atoms with Gasteiger partial charge in [0, 0.05) is 19.6 Å². The first-order valence-corrected chi connectivity index (χ1v) is 5.28. The van der Waals surface area contributed by atoms with Crippen molar-refractivity contribution in [3.05, 3.63) is 0 Å². The highest BCUT2D eigenvalue weighted by atomic mass is 16.6. The summed E-state index contributed by atoms with van der Waals surface area (Å²) in [7, 11) is 0. The summed E-state index contributed by atoms with van der Waals surface area (Å²) in [6.45, 7) is 10.9. The van der Waals surface area contributed by atoms with Crippen LogP contribution in [0.15, 0.2) is 0 Å². The SMILES string of the molecule is CCNCCN(CC)C(=O)OC(C)C. The van der Waals surface area contributed by atoms with Crippen LogP contribution >= 0.6 is 0 Å². The summed E-state index contributed by atoms with van der Waals surface area (Å²) in [6.07, 6.45) is -0.268. The molecule has 0 saturated heterocycles. The van der Waals surface area contributed by atoms with Crippen LogP contribution in [0.3, 0.4) is 0 Å². The maximum absolute atomic E-state index is 11.5. The quantitative estimate of drug-likeness (QED) is 0.663. The van der Waals surface area contributed by atoms with Gasteiger partial charge in [-0.15, -0.1) is 0 Å². The fourth-order valence-electron chi connectivity index (χ4n) is 1.05. The molecule has 14 heavy (non-hydrogen) atoms. The van der Waals surface area contributed by atoms with Gasteiger partial charge in [-0.1, -0.05) is 6.92 Å². The second kappa shape index (κ2) is 7.62. The molecule has 0 aliphatic carbocycles. The van der Waals surface area contributed by atoms with Crippen molar-refractivity contribution in [2.24, 2.45) is 0 Å². The lowest BCUT2D eigenvalue weighted by Crippen LogP contribution is -2.38. The number of rotatable bonds is 6. The summed E-state index contributed by atoms with van der Waals surface area (Å²) in [5, 5.41) is 3.17. The monoisotopic (exact) mass is 202 g/mol. The maximum atomic E-state index is 11.5. The number of hydrogen-bond donors (Lipinski definition) is 1. The molecule has 4 heteroatoms. The molecule has 0 atom stereocenters. The molecule has 0 rings (SSSR count). The Hall–Kier alpha value is -0.770. The first-order chi connectivity index (χ1) is 6.61. The normalized spacial score (nSPS) is 10.4. The molecule has 0 fully saturated rings. The lowest BCUT2D eigenvalue weighted by molar-refractivity contribution is 0.0786. The van der Waals surface area contributed by atoms with E-state index in [1.807, 2.05) is 27.7 Å². The zero-order valence-corrected chi connectivity index (χ0v) is 9.67. The summed E-state index contributed by atoms with van der Waals surface area (Å²) >= 11 is 0. The van der Waals surface area contributed by atoms with E-state index < -0.39 is 0 Å². The Kier molecular flexibility index (Phi) is 7.20. The molecular formula is C10H22N2O2. The first-order valence-electron chi connectivity index (χ1n) is 5.28. The zero-order chi connectivity index (χ0) is 11.0. The Morgan fingerprint density at radius 3 is 2.50 bits per heavy atom. The minimum Gasteiger partial charge on any atom is -0.447 e. The average molecular weight is 202 g/mol. The van der Waals surface area contributed by atoms with E-state index in [0.29, 0.717) is 13.1 Å². The number of carbonyl (C=O) groups excluding carboxylic acids is 1. The number of nitrogens with one attached hydrogen (secondary N) is 1. The van der Waals surface area contributed by atoms with Gasteiger partial charge < -0.3 is 15.0 Å². The van der Waals surface area contributed by atoms with Crippen molar-refractivity contribution in [2.45, 2.75) is 33.8 Å². The van der Waals surface area contributed by atoms with Crippen molar-refractivity contribution in [3.8, 4) is 0 Å². The average Bonchev–Trinajstić information content (AvgIpc) is 2.11. The molecule has 0 heterocycles. The van der Waals surface area contributed by atoms with Crippen molar-refractivity contribution in [1.82, 2.24) is 10.2 Å². The van der Waals surface area contributed by atoms with E-state index in [1.54, 1.807) is 4.90 Å². The summed E-state index contributed by atoms with van der Waals surface area (Å²) in [5.74, 6) is 0. The number of carbonyl (C=O) groups is 1. The van der Waals surface area contributed by atoms with Gasteiger partial charge in [0.1, 0.15) is 0 Å². The van der Waals surface area contributed by atoms with Gasteiger partial charge in [0.2, 0.25) is 0 Å². The molecule has 0 aromatic carbocycles.